The molecule has 1 amide bonds. The van der Waals surface area contributed by atoms with Crippen molar-refractivity contribution in [1.29, 1.82) is 0 Å². The Morgan fingerprint density at radius 3 is 2.88 bits per heavy atom. The summed E-state index contributed by atoms with van der Waals surface area (Å²) in [6.07, 6.45) is 0. The van der Waals surface area contributed by atoms with E-state index in [0.717, 1.165) is 10.2 Å². The van der Waals surface area contributed by atoms with Crippen LogP contribution in [-0.4, -0.2) is 16.9 Å². The number of amides is 1. The van der Waals surface area contributed by atoms with Crippen molar-refractivity contribution < 1.29 is 4.79 Å². The number of aryl methyl sites for hydroxylation is 1. The van der Waals surface area contributed by atoms with Crippen LogP contribution in [0.5, 0.6) is 0 Å². The predicted octanol–water partition coefficient (Wildman–Crippen LogP) is 2.31. The fourth-order valence-electron chi connectivity index (χ4n) is 1.30. The highest BCUT2D eigenvalue weighted by Gasteiger charge is 2.10. The van der Waals surface area contributed by atoms with Gasteiger partial charge in [-0.15, -0.1) is 12.4 Å². The van der Waals surface area contributed by atoms with Gasteiger partial charge in [-0.3, -0.25) is 4.79 Å². The van der Waals surface area contributed by atoms with Crippen LogP contribution in [0.4, 0.5) is 5.13 Å². The number of aromatic nitrogens is 1. The maximum absolute atomic E-state index is 11.4. The van der Waals surface area contributed by atoms with Crippen molar-refractivity contribution in [2.24, 2.45) is 5.73 Å². The average molecular weight is 272 g/mol. The van der Waals surface area contributed by atoms with Gasteiger partial charge in [0.25, 0.3) is 0 Å². The van der Waals surface area contributed by atoms with Gasteiger partial charge in [-0.05, 0) is 31.5 Å². The molecule has 3 N–H and O–H groups in total. The lowest BCUT2D eigenvalue weighted by Crippen LogP contribution is -2.32. The largest absolute Gasteiger partial charge is 0.320 e. The van der Waals surface area contributed by atoms with Crippen molar-refractivity contribution >= 4 is 45.0 Å². The number of halogens is 1. The molecule has 0 aliphatic heterocycles. The summed E-state index contributed by atoms with van der Waals surface area (Å²) < 4.78 is 1.07. The summed E-state index contributed by atoms with van der Waals surface area (Å²) in [5.74, 6) is -0.212. The molecule has 2 rings (SSSR count). The third kappa shape index (κ3) is 3.15. The van der Waals surface area contributed by atoms with Crippen LogP contribution in [0.2, 0.25) is 0 Å². The molecule has 1 unspecified atom stereocenters. The number of benzene rings is 1. The highest BCUT2D eigenvalue weighted by molar-refractivity contribution is 7.22. The molecule has 1 heterocycles. The van der Waals surface area contributed by atoms with E-state index in [9.17, 15) is 4.79 Å². The Kier molecular flexibility index (Phi) is 4.45. The van der Waals surface area contributed by atoms with Crippen LogP contribution in [0.15, 0.2) is 18.2 Å². The molecule has 0 bridgehead atoms. The first-order chi connectivity index (χ1) is 7.56. The van der Waals surface area contributed by atoms with E-state index >= 15 is 0 Å². The first kappa shape index (κ1) is 13.9. The molecule has 0 saturated carbocycles. The number of fused-ring (bicyclic) bond motifs is 1. The van der Waals surface area contributed by atoms with Crippen LogP contribution in [-0.2, 0) is 4.79 Å². The number of thiazole rings is 1. The fourth-order valence-corrected chi connectivity index (χ4v) is 2.27. The third-order valence-electron chi connectivity index (χ3n) is 2.19. The average Bonchev–Trinajstić information content (AvgIpc) is 2.58. The summed E-state index contributed by atoms with van der Waals surface area (Å²) in [7, 11) is 0. The van der Waals surface area contributed by atoms with Gasteiger partial charge < -0.3 is 11.1 Å². The SMILES string of the molecule is Cc1ccc2nc(NC(=O)C(C)N)sc2c1.Cl. The molecule has 4 nitrogen and oxygen atoms in total. The van der Waals surface area contributed by atoms with Gasteiger partial charge in [-0.1, -0.05) is 17.4 Å². The lowest BCUT2D eigenvalue weighted by atomic mass is 10.2. The summed E-state index contributed by atoms with van der Waals surface area (Å²) in [5, 5.41) is 3.29. The smallest absolute Gasteiger partial charge is 0.242 e. The van der Waals surface area contributed by atoms with E-state index in [1.165, 1.54) is 16.9 Å². The summed E-state index contributed by atoms with van der Waals surface area (Å²) in [5.41, 5.74) is 7.55. The molecule has 92 valence electrons. The maximum atomic E-state index is 11.4. The number of anilines is 1. The number of carbonyl (C=O) groups is 1. The van der Waals surface area contributed by atoms with Crippen molar-refractivity contribution in [2.75, 3.05) is 5.32 Å². The quantitative estimate of drug-likeness (QED) is 0.881. The molecule has 1 aromatic heterocycles. The summed E-state index contributed by atoms with van der Waals surface area (Å²) in [6.45, 7) is 3.67. The lowest BCUT2D eigenvalue weighted by molar-refractivity contribution is -0.117. The minimum atomic E-state index is -0.520. The van der Waals surface area contributed by atoms with E-state index in [2.05, 4.69) is 16.4 Å². The Morgan fingerprint density at radius 2 is 2.24 bits per heavy atom. The van der Waals surface area contributed by atoms with Crippen LogP contribution in [0, 0.1) is 6.92 Å². The first-order valence-electron chi connectivity index (χ1n) is 5.00. The topological polar surface area (TPSA) is 68.0 Å². The molecule has 1 aromatic carbocycles. The highest BCUT2D eigenvalue weighted by Crippen LogP contribution is 2.26. The van der Waals surface area contributed by atoms with E-state index in [1.54, 1.807) is 6.92 Å². The highest BCUT2D eigenvalue weighted by atomic mass is 35.5. The lowest BCUT2D eigenvalue weighted by Gasteiger charge is -2.02. The van der Waals surface area contributed by atoms with Crippen LogP contribution >= 0.6 is 23.7 Å². The van der Waals surface area contributed by atoms with E-state index in [1.807, 2.05) is 19.1 Å². The van der Waals surface area contributed by atoms with Gasteiger partial charge in [0.1, 0.15) is 0 Å². The Bertz CT molecular complexity index is 538. The Balaban J connectivity index is 0.00000144. The Hall–Kier alpha value is -1.17. The molecule has 0 fully saturated rings. The second-order valence-corrected chi connectivity index (χ2v) is 4.80. The molecule has 0 spiro atoms. The zero-order valence-electron chi connectivity index (χ0n) is 9.56. The molecular weight excluding hydrogens is 258 g/mol. The van der Waals surface area contributed by atoms with Crippen molar-refractivity contribution in [3.8, 4) is 0 Å². The summed E-state index contributed by atoms with van der Waals surface area (Å²) in [4.78, 5) is 15.7. The molecule has 0 aliphatic carbocycles. The van der Waals surface area contributed by atoms with E-state index in [-0.39, 0.29) is 18.3 Å². The molecule has 0 saturated heterocycles. The zero-order chi connectivity index (χ0) is 11.7. The zero-order valence-corrected chi connectivity index (χ0v) is 11.2. The molecular formula is C11H14ClN3OS. The van der Waals surface area contributed by atoms with Crippen LogP contribution < -0.4 is 11.1 Å². The van der Waals surface area contributed by atoms with Crippen LogP contribution in [0.3, 0.4) is 0 Å². The monoisotopic (exact) mass is 271 g/mol. The summed E-state index contributed by atoms with van der Waals surface area (Å²) in [6, 6.07) is 5.48. The number of nitrogens with zero attached hydrogens (tertiary/aromatic N) is 1. The van der Waals surface area contributed by atoms with Gasteiger partial charge >= 0.3 is 0 Å². The van der Waals surface area contributed by atoms with E-state index < -0.39 is 6.04 Å². The second kappa shape index (κ2) is 5.44. The predicted molar refractivity (Wildman–Crippen MR) is 73.9 cm³/mol. The van der Waals surface area contributed by atoms with Crippen molar-refractivity contribution in [3.05, 3.63) is 23.8 Å². The Labute approximate surface area is 110 Å². The van der Waals surface area contributed by atoms with Crippen LogP contribution in [0.1, 0.15) is 12.5 Å². The van der Waals surface area contributed by atoms with Gasteiger partial charge in [-0.2, -0.15) is 0 Å². The number of rotatable bonds is 2. The standard InChI is InChI=1S/C11H13N3OS.ClH/c1-6-3-4-8-9(5-6)16-11(13-8)14-10(15)7(2)12;/h3-5,7H,12H2,1-2H3,(H,13,14,15);1H. The van der Waals surface area contributed by atoms with Gasteiger partial charge in [0.05, 0.1) is 16.3 Å². The van der Waals surface area contributed by atoms with E-state index in [0.29, 0.717) is 5.13 Å². The number of carbonyl (C=O) groups excluding carboxylic acids is 1. The minimum absolute atomic E-state index is 0. The maximum Gasteiger partial charge on any atom is 0.242 e. The van der Waals surface area contributed by atoms with Crippen molar-refractivity contribution in [3.63, 3.8) is 0 Å². The fraction of sp³-hybridized carbons (Fsp3) is 0.273. The molecule has 0 aliphatic rings. The minimum Gasteiger partial charge on any atom is -0.320 e. The molecule has 1 atom stereocenters. The van der Waals surface area contributed by atoms with Gasteiger partial charge in [0.2, 0.25) is 5.91 Å². The number of hydrogen-bond donors (Lipinski definition) is 2. The molecule has 6 heteroatoms. The first-order valence-corrected chi connectivity index (χ1v) is 5.81. The summed E-state index contributed by atoms with van der Waals surface area (Å²) >= 11 is 1.46. The third-order valence-corrected chi connectivity index (χ3v) is 3.12. The van der Waals surface area contributed by atoms with Gasteiger partial charge in [0.15, 0.2) is 5.13 Å². The molecule has 17 heavy (non-hydrogen) atoms. The Morgan fingerprint density at radius 1 is 1.53 bits per heavy atom. The number of nitrogens with two attached hydrogens (primary N) is 1. The van der Waals surface area contributed by atoms with Gasteiger partial charge in [-0.25, -0.2) is 4.98 Å². The molecule has 2 aromatic rings. The van der Waals surface area contributed by atoms with Crippen LogP contribution in [0.25, 0.3) is 10.2 Å². The molecule has 0 radical (unpaired) electrons. The number of hydrogen-bond acceptors (Lipinski definition) is 4. The normalized spacial score (nSPS) is 11.9. The number of nitrogens with one attached hydrogen (secondary N) is 1. The van der Waals surface area contributed by atoms with Crippen molar-refractivity contribution in [1.82, 2.24) is 4.98 Å². The van der Waals surface area contributed by atoms with Gasteiger partial charge in [0, 0.05) is 0 Å². The van der Waals surface area contributed by atoms with Crippen molar-refractivity contribution in [2.45, 2.75) is 19.9 Å². The second-order valence-electron chi connectivity index (χ2n) is 3.77. The van der Waals surface area contributed by atoms with E-state index in [4.69, 9.17) is 5.73 Å².